The summed E-state index contributed by atoms with van der Waals surface area (Å²) in [4.78, 5) is 11.9. The highest BCUT2D eigenvalue weighted by Gasteiger charge is 2.13. The number of hydrogen-bond donors (Lipinski definition) is 0. The van der Waals surface area contributed by atoms with Crippen molar-refractivity contribution in [2.45, 2.75) is 27.4 Å². The molecule has 0 atom stereocenters. The molecule has 1 aromatic heterocycles. The van der Waals surface area contributed by atoms with Crippen molar-refractivity contribution in [2.75, 3.05) is 0 Å². The normalized spacial score (nSPS) is 11.0. The highest BCUT2D eigenvalue weighted by Crippen LogP contribution is 2.30. The van der Waals surface area contributed by atoms with Crippen LogP contribution in [0.1, 0.15) is 22.3 Å². The molecule has 5 heteroatoms. The molecule has 0 aliphatic carbocycles. The van der Waals surface area contributed by atoms with Gasteiger partial charge in [0, 0.05) is 32.1 Å². The number of fused-ring (bicyclic) bond motifs is 1. The third-order valence-electron chi connectivity index (χ3n) is 4.22. The molecule has 3 nitrogen and oxygen atoms in total. The van der Waals surface area contributed by atoms with E-state index >= 15 is 0 Å². The number of ether oxygens (including phenoxy) is 1. The van der Waals surface area contributed by atoms with Crippen LogP contribution in [0.2, 0.25) is 10.0 Å². The van der Waals surface area contributed by atoms with Gasteiger partial charge < -0.3 is 9.15 Å². The Kier molecular flexibility index (Phi) is 4.57. The number of rotatable bonds is 3. The van der Waals surface area contributed by atoms with E-state index in [1.54, 1.807) is 19.1 Å². The molecule has 0 N–H and O–H groups in total. The third-order valence-corrected chi connectivity index (χ3v) is 4.81. The van der Waals surface area contributed by atoms with E-state index in [9.17, 15) is 4.79 Å². The topological polar surface area (TPSA) is 39.4 Å². The zero-order chi connectivity index (χ0) is 17.4. The van der Waals surface area contributed by atoms with E-state index in [1.807, 2.05) is 32.0 Å². The molecule has 0 saturated carbocycles. The minimum atomic E-state index is -0.319. The Bertz CT molecular complexity index is 990. The first kappa shape index (κ1) is 16.9. The van der Waals surface area contributed by atoms with Crippen LogP contribution in [0.25, 0.3) is 11.0 Å². The highest BCUT2D eigenvalue weighted by molar-refractivity contribution is 6.35. The van der Waals surface area contributed by atoms with Crippen LogP contribution in [0.3, 0.4) is 0 Å². The summed E-state index contributed by atoms with van der Waals surface area (Å²) in [5.41, 5.74) is 3.42. The summed E-state index contributed by atoms with van der Waals surface area (Å²) in [6.45, 7) is 5.86. The van der Waals surface area contributed by atoms with Crippen LogP contribution >= 0.6 is 23.2 Å². The van der Waals surface area contributed by atoms with Crippen LogP contribution in [0.4, 0.5) is 0 Å². The van der Waals surface area contributed by atoms with Crippen molar-refractivity contribution < 1.29 is 9.15 Å². The summed E-state index contributed by atoms with van der Waals surface area (Å²) in [5, 5.41) is 2.05. The molecule has 0 aliphatic heterocycles. The molecule has 24 heavy (non-hydrogen) atoms. The number of benzene rings is 2. The van der Waals surface area contributed by atoms with Crippen LogP contribution in [0.5, 0.6) is 5.75 Å². The van der Waals surface area contributed by atoms with Gasteiger partial charge in [-0.1, -0.05) is 29.3 Å². The number of hydrogen-bond acceptors (Lipinski definition) is 3. The van der Waals surface area contributed by atoms with Crippen molar-refractivity contribution in [3.8, 4) is 5.75 Å². The van der Waals surface area contributed by atoms with E-state index in [2.05, 4.69) is 0 Å². The Morgan fingerprint density at radius 3 is 2.46 bits per heavy atom. The maximum Gasteiger partial charge on any atom is 0.339 e. The van der Waals surface area contributed by atoms with E-state index < -0.39 is 0 Å². The maximum absolute atomic E-state index is 11.9. The lowest BCUT2D eigenvalue weighted by molar-refractivity contribution is 0.304. The van der Waals surface area contributed by atoms with Crippen molar-refractivity contribution in [2.24, 2.45) is 0 Å². The van der Waals surface area contributed by atoms with Crippen LogP contribution in [-0.4, -0.2) is 0 Å². The second kappa shape index (κ2) is 6.50. The van der Waals surface area contributed by atoms with Crippen molar-refractivity contribution in [3.63, 3.8) is 0 Å². The zero-order valence-electron chi connectivity index (χ0n) is 13.6. The predicted octanol–water partition coefficient (Wildman–Crippen LogP) is 5.60. The van der Waals surface area contributed by atoms with Crippen molar-refractivity contribution >= 4 is 34.2 Å². The molecule has 0 amide bonds. The molecule has 0 saturated heterocycles. The lowest BCUT2D eigenvalue weighted by Crippen LogP contribution is -2.07. The fourth-order valence-electron chi connectivity index (χ4n) is 2.58. The van der Waals surface area contributed by atoms with E-state index in [0.29, 0.717) is 33.5 Å². The monoisotopic (exact) mass is 362 g/mol. The maximum atomic E-state index is 11.9. The second-order valence-electron chi connectivity index (χ2n) is 5.73. The summed E-state index contributed by atoms with van der Waals surface area (Å²) in [6, 6.07) is 9.07. The quantitative estimate of drug-likeness (QED) is 0.568. The standard InChI is InChI=1S/C19H16Cl2O3/c1-10-11(2)19(22)24-18-12(3)17(7-6-15(10)18)23-9-13-4-5-14(20)8-16(13)21/h4-8H,9H2,1-3H3. The largest absolute Gasteiger partial charge is 0.488 e. The van der Waals surface area contributed by atoms with Gasteiger partial charge in [0.2, 0.25) is 0 Å². The van der Waals surface area contributed by atoms with Gasteiger partial charge >= 0.3 is 5.63 Å². The molecule has 0 spiro atoms. The number of aryl methyl sites for hydroxylation is 2. The molecule has 0 radical (unpaired) electrons. The molecule has 0 bridgehead atoms. The SMILES string of the molecule is Cc1c(C)c2ccc(OCc3ccc(Cl)cc3Cl)c(C)c2oc1=O. The van der Waals surface area contributed by atoms with Gasteiger partial charge in [0.05, 0.1) is 0 Å². The Labute approximate surface area is 149 Å². The second-order valence-corrected chi connectivity index (χ2v) is 6.57. The van der Waals surface area contributed by atoms with Gasteiger partial charge in [-0.25, -0.2) is 4.79 Å². The molecule has 0 unspecified atom stereocenters. The van der Waals surface area contributed by atoms with Crippen LogP contribution in [0.15, 0.2) is 39.5 Å². The summed E-state index contributed by atoms with van der Waals surface area (Å²) in [5.74, 6) is 0.653. The van der Waals surface area contributed by atoms with Gasteiger partial charge in [-0.05, 0) is 50.6 Å². The Morgan fingerprint density at radius 1 is 1.00 bits per heavy atom. The predicted molar refractivity (Wildman–Crippen MR) is 97.5 cm³/mol. The van der Waals surface area contributed by atoms with Gasteiger partial charge in [-0.3, -0.25) is 0 Å². The molecule has 1 heterocycles. The smallest absolute Gasteiger partial charge is 0.339 e. The summed E-state index contributed by atoms with van der Waals surface area (Å²) in [6.07, 6.45) is 0. The minimum Gasteiger partial charge on any atom is -0.488 e. The fourth-order valence-corrected chi connectivity index (χ4v) is 3.04. The van der Waals surface area contributed by atoms with Crippen LogP contribution in [-0.2, 0) is 6.61 Å². The van der Waals surface area contributed by atoms with Crippen molar-refractivity contribution in [3.05, 3.63) is 73.1 Å². The van der Waals surface area contributed by atoms with Gasteiger partial charge in [0.15, 0.2) is 0 Å². The molecular weight excluding hydrogens is 347 g/mol. The summed E-state index contributed by atoms with van der Waals surface area (Å²) in [7, 11) is 0. The van der Waals surface area contributed by atoms with Gasteiger partial charge in [-0.15, -0.1) is 0 Å². The Balaban J connectivity index is 1.97. The fraction of sp³-hybridized carbons (Fsp3) is 0.211. The Hall–Kier alpha value is -1.97. The van der Waals surface area contributed by atoms with Gasteiger partial charge in [-0.2, -0.15) is 0 Å². The van der Waals surface area contributed by atoms with Crippen LogP contribution in [0, 0.1) is 20.8 Å². The lowest BCUT2D eigenvalue weighted by Gasteiger charge is -2.13. The van der Waals surface area contributed by atoms with E-state index in [-0.39, 0.29) is 5.63 Å². The zero-order valence-corrected chi connectivity index (χ0v) is 15.1. The third kappa shape index (κ3) is 3.02. The first-order valence-electron chi connectivity index (χ1n) is 7.49. The Morgan fingerprint density at radius 2 is 1.75 bits per heavy atom. The first-order chi connectivity index (χ1) is 11.4. The van der Waals surface area contributed by atoms with E-state index in [0.717, 1.165) is 22.1 Å². The molecular formula is C19H16Cl2O3. The summed E-state index contributed by atoms with van der Waals surface area (Å²) >= 11 is 12.1. The minimum absolute atomic E-state index is 0.303. The average molecular weight is 363 g/mol. The van der Waals surface area contributed by atoms with Gasteiger partial charge in [0.25, 0.3) is 0 Å². The van der Waals surface area contributed by atoms with E-state index in [1.165, 1.54) is 0 Å². The molecule has 3 aromatic rings. The van der Waals surface area contributed by atoms with Crippen molar-refractivity contribution in [1.29, 1.82) is 0 Å². The number of halogens is 2. The molecule has 2 aromatic carbocycles. The first-order valence-corrected chi connectivity index (χ1v) is 8.24. The van der Waals surface area contributed by atoms with Crippen LogP contribution < -0.4 is 10.4 Å². The average Bonchev–Trinajstić information content (AvgIpc) is 2.54. The lowest BCUT2D eigenvalue weighted by atomic mass is 10.0. The molecule has 0 fully saturated rings. The molecule has 3 rings (SSSR count). The van der Waals surface area contributed by atoms with Crippen molar-refractivity contribution in [1.82, 2.24) is 0 Å². The molecule has 0 aliphatic rings. The van der Waals surface area contributed by atoms with E-state index in [4.69, 9.17) is 32.4 Å². The van der Waals surface area contributed by atoms with Gasteiger partial charge in [0.1, 0.15) is 17.9 Å². The highest BCUT2D eigenvalue weighted by atomic mass is 35.5. The summed E-state index contributed by atoms with van der Waals surface area (Å²) < 4.78 is 11.3. The molecule has 124 valence electrons.